The molecule has 0 heterocycles. The van der Waals surface area contributed by atoms with Gasteiger partial charge in [0.05, 0.1) is 12.2 Å². The third kappa shape index (κ3) is 4.04. The van der Waals surface area contributed by atoms with E-state index in [2.05, 4.69) is 31.9 Å². The molecular formula is C17H16Br2O3. The molecule has 2 rings (SSSR count). The van der Waals surface area contributed by atoms with Crippen molar-refractivity contribution in [1.82, 2.24) is 0 Å². The lowest BCUT2D eigenvalue weighted by Crippen LogP contribution is -2.33. The van der Waals surface area contributed by atoms with Gasteiger partial charge in [0.2, 0.25) is 0 Å². The number of hydrogen-bond acceptors (Lipinski definition) is 3. The van der Waals surface area contributed by atoms with Crippen molar-refractivity contribution in [3.63, 3.8) is 0 Å². The number of halogens is 2. The fourth-order valence-electron chi connectivity index (χ4n) is 2.10. The zero-order valence-electron chi connectivity index (χ0n) is 11.6. The van der Waals surface area contributed by atoms with E-state index in [0.717, 1.165) is 0 Å². The molecule has 3 nitrogen and oxygen atoms in total. The number of aliphatic hydroxyl groups excluding tert-OH is 2. The van der Waals surface area contributed by atoms with Gasteiger partial charge in [-0.2, -0.15) is 0 Å². The molecule has 0 aliphatic rings. The summed E-state index contributed by atoms with van der Waals surface area (Å²) in [5.41, 5.74) is 1.29. The van der Waals surface area contributed by atoms with E-state index < -0.39 is 21.9 Å². The summed E-state index contributed by atoms with van der Waals surface area (Å²) in [6.07, 6.45) is -1.95. The Morgan fingerprint density at radius 1 is 0.727 bits per heavy atom. The second-order valence-electron chi connectivity index (χ2n) is 4.92. The molecule has 0 unspecified atom stereocenters. The lowest BCUT2D eigenvalue weighted by atomic mass is 9.98. The zero-order valence-corrected chi connectivity index (χ0v) is 14.8. The topological polar surface area (TPSA) is 57.5 Å². The van der Waals surface area contributed by atoms with Crippen LogP contribution in [0, 0.1) is 0 Å². The molecule has 0 saturated heterocycles. The highest BCUT2D eigenvalue weighted by atomic mass is 79.9. The van der Waals surface area contributed by atoms with Crippen molar-refractivity contribution >= 4 is 37.6 Å². The molecule has 0 aromatic heterocycles. The van der Waals surface area contributed by atoms with Gasteiger partial charge in [-0.3, -0.25) is 4.79 Å². The summed E-state index contributed by atoms with van der Waals surface area (Å²) in [5, 5.41) is 20.6. The molecule has 0 amide bonds. The molecule has 0 fully saturated rings. The van der Waals surface area contributed by atoms with Crippen LogP contribution in [0.2, 0.25) is 0 Å². The van der Waals surface area contributed by atoms with Gasteiger partial charge in [-0.1, -0.05) is 92.5 Å². The first-order valence-electron chi connectivity index (χ1n) is 6.80. The van der Waals surface area contributed by atoms with Crippen LogP contribution in [0.3, 0.4) is 0 Å². The number of rotatable bonds is 6. The highest BCUT2D eigenvalue weighted by Crippen LogP contribution is 2.30. The van der Waals surface area contributed by atoms with Gasteiger partial charge >= 0.3 is 0 Å². The minimum atomic E-state index is -0.975. The largest absolute Gasteiger partial charge is 0.387 e. The van der Waals surface area contributed by atoms with Crippen LogP contribution in [-0.4, -0.2) is 25.7 Å². The van der Waals surface area contributed by atoms with Gasteiger partial charge in [-0.25, -0.2) is 0 Å². The number of carbonyl (C=O) groups excluding carboxylic acids is 1. The maximum Gasteiger partial charge on any atom is 0.166 e. The van der Waals surface area contributed by atoms with Crippen LogP contribution in [0.5, 0.6) is 0 Å². The van der Waals surface area contributed by atoms with Crippen molar-refractivity contribution in [2.24, 2.45) is 0 Å². The Labute approximate surface area is 146 Å². The fraction of sp³-hybridized carbons (Fsp3) is 0.235. The molecule has 0 saturated carbocycles. The van der Waals surface area contributed by atoms with E-state index in [1.54, 1.807) is 48.5 Å². The number of ketones is 1. The van der Waals surface area contributed by atoms with E-state index in [1.165, 1.54) is 0 Å². The molecule has 2 aromatic rings. The molecular weight excluding hydrogens is 412 g/mol. The second-order valence-corrected chi connectivity index (χ2v) is 6.89. The maximum atomic E-state index is 12.5. The normalized spacial score (nSPS) is 16.5. The second kappa shape index (κ2) is 8.02. The first-order valence-corrected chi connectivity index (χ1v) is 8.63. The SMILES string of the molecule is O=C([C@@H](Br)[C@@H](O)c1ccccc1)[C@H](Br)[C@H](O)c1ccccc1. The molecule has 0 spiro atoms. The predicted molar refractivity (Wildman–Crippen MR) is 93.2 cm³/mol. The average Bonchev–Trinajstić information content (AvgIpc) is 2.60. The quantitative estimate of drug-likeness (QED) is 0.693. The van der Waals surface area contributed by atoms with Crippen LogP contribution in [0.1, 0.15) is 23.3 Å². The summed E-state index contributed by atoms with van der Waals surface area (Å²) in [4.78, 5) is 10.8. The molecule has 2 aromatic carbocycles. The van der Waals surface area contributed by atoms with Gasteiger partial charge in [0, 0.05) is 0 Å². The summed E-state index contributed by atoms with van der Waals surface area (Å²) in [6.45, 7) is 0. The van der Waals surface area contributed by atoms with E-state index in [9.17, 15) is 15.0 Å². The smallest absolute Gasteiger partial charge is 0.166 e. The van der Waals surface area contributed by atoms with Crippen LogP contribution >= 0.6 is 31.9 Å². The van der Waals surface area contributed by atoms with Gasteiger partial charge in [-0.15, -0.1) is 0 Å². The molecule has 5 heteroatoms. The van der Waals surface area contributed by atoms with Gasteiger partial charge in [-0.05, 0) is 11.1 Å². The van der Waals surface area contributed by atoms with Crippen LogP contribution < -0.4 is 0 Å². The first kappa shape index (κ1) is 17.3. The third-order valence-electron chi connectivity index (χ3n) is 3.38. The third-order valence-corrected chi connectivity index (χ3v) is 5.28. The molecule has 0 aliphatic carbocycles. The zero-order chi connectivity index (χ0) is 16.1. The van der Waals surface area contributed by atoms with Crippen molar-refractivity contribution < 1.29 is 15.0 Å². The molecule has 0 radical (unpaired) electrons. The van der Waals surface area contributed by atoms with E-state index in [1.807, 2.05) is 12.1 Å². The van der Waals surface area contributed by atoms with Gasteiger partial charge in [0.1, 0.15) is 9.65 Å². The molecule has 4 atom stereocenters. The van der Waals surface area contributed by atoms with Crippen molar-refractivity contribution in [3.8, 4) is 0 Å². The monoisotopic (exact) mass is 426 g/mol. The van der Waals surface area contributed by atoms with Crippen molar-refractivity contribution in [3.05, 3.63) is 71.8 Å². The lowest BCUT2D eigenvalue weighted by Gasteiger charge is -2.22. The Kier molecular flexibility index (Phi) is 6.32. The maximum absolute atomic E-state index is 12.5. The Morgan fingerprint density at radius 2 is 1.05 bits per heavy atom. The summed E-state index contributed by atoms with van der Waals surface area (Å²) < 4.78 is 0. The highest BCUT2D eigenvalue weighted by molar-refractivity contribution is 9.10. The van der Waals surface area contributed by atoms with Crippen molar-refractivity contribution in [1.29, 1.82) is 0 Å². The van der Waals surface area contributed by atoms with E-state index in [-0.39, 0.29) is 5.78 Å². The Balaban J connectivity index is 2.10. The van der Waals surface area contributed by atoms with E-state index in [4.69, 9.17) is 0 Å². The number of hydrogen-bond donors (Lipinski definition) is 2. The van der Waals surface area contributed by atoms with Crippen LogP contribution in [0.25, 0.3) is 0 Å². The lowest BCUT2D eigenvalue weighted by molar-refractivity contribution is -0.121. The van der Waals surface area contributed by atoms with Gasteiger partial charge < -0.3 is 10.2 Å². The fourth-order valence-corrected chi connectivity index (χ4v) is 3.64. The summed E-state index contributed by atoms with van der Waals surface area (Å²) in [7, 11) is 0. The van der Waals surface area contributed by atoms with E-state index in [0.29, 0.717) is 11.1 Å². The predicted octanol–water partition coefficient (Wildman–Crippen LogP) is 3.55. The average molecular weight is 428 g/mol. The van der Waals surface area contributed by atoms with Gasteiger partial charge in [0.25, 0.3) is 0 Å². The number of benzene rings is 2. The minimum Gasteiger partial charge on any atom is -0.387 e. The molecule has 22 heavy (non-hydrogen) atoms. The Bertz CT molecular complexity index is 550. The summed E-state index contributed by atoms with van der Waals surface area (Å²) >= 11 is 6.49. The van der Waals surface area contributed by atoms with Crippen molar-refractivity contribution in [2.45, 2.75) is 21.9 Å². The first-order chi connectivity index (χ1) is 10.5. The van der Waals surface area contributed by atoms with E-state index >= 15 is 0 Å². The van der Waals surface area contributed by atoms with Crippen LogP contribution in [0.4, 0.5) is 0 Å². The minimum absolute atomic E-state index is 0.312. The molecule has 116 valence electrons. The van der Waals surface area contributed by atoms with Crippen LogP contribution in [0.15, 0.2) is 60.7 Å². The number of alkyl halides is 2. The number of aliphatic hydroxyl groups is 2. The molecule has 0 bridgehead atoms. The highest BCUT2D eigenvalue weighted by Gasteiger charge is 2.34. The molecule has 0 aliphatic heterocycles. The number of Topliss-reactive ketones (excluding diaryl/α,β-unsaturated/α-hetero) is 1. The van der Waals surface area contributed by atoms with Crippen molar-refractivity contribution in [2.75, 3.05) is 0 Å². The summed E-state index contributed by atoms with van der Waals surface area (Å²) in [5.74, 6) is -0.312. The Morgan fingerprint density at radius 3 is 1.36 bits per heavy atom. The van der Waals surface area contributed by atoms with Gasteiger partial charge in [0.15, 0.2) is 5.78 Å². The van der Waals surface area contributed by atoms with Crippen LogP contribution in [-0.2, 0) is 4.79 Å². The molecule has 2 N–H and O–H groups in total. The Hall–Kier alpha value is -1.01. The standard InChI is InChI=1S/C17H16Br2O3/c18-13(15(20)11-7-3-1-4-8-11)17(22)14(19)16(21)12-9-5-2-6-10-12/h1-10,13-16,20-21H/t13-,14+,15-,16+. The summed E-state index contributed by atoms with van der Waals surface area (Å²) in [6, 6.07) is 17.9. The number of carbonyl (C=O) groups is 1.